The van der Waals surface area contributed by atoms with Crippen LogP contribution in [0.5, 0.6) is 5.75 Å². The summed E-state index contributed by atoms with van der Waals surface area (Å²) < 4.78 is 5.17. The molecule has 0 saturated carbocycles. The number of anilines is 1. The molecule has 90 valence electrons. The second-order valence-corrected chi connectivity index (χ2v) is 3.88. The molecule has 0 aromatic heterocycles. The molecular weight excluding hydrogens is 257 g/mol. The highest BCUT2D eigenvalue weighted by molar-refractivity contribution is 6.33. The summed E-state index contributed by atoms with van der Waals surface area (Å²) in [6, 6.07) is 13.2. The zero-order valence-corrected chi connectivity index (χ0v) is 10.9. The molecule has 2 rings (SSSR count). The number of hydrogen-bond acceptors (Lipinski definition) is 2. The van der Waals surface area contributed by atoms with E-state index in [-0.39, 0.29) is 12.4 Å². The van der Waals surface area contributed by atoms with Crippen LogP contribution >= 0.6 is 24.0 Å². The lowest BCUT2D eigenvalue weighted by Gasteiger charge is -2.07. The van der Waals surface area contributed by atoms with Crippen molar-refractivity contribution < 1.29 is 4.74 Å². The Labute approximate surface area is 112 Å². The van der Waals surface area contributed by atoms with Crippen molar-refractivity contribution in [3.05, 3.63) is 47.5 Å². The van der Waals surface area contributed by atoms with Crippen molar-refractivity contribution in [1.29, 1.82) is 0 Å². The molecule has 0 atom stereocenters. The Morgan fingerprint density at radius 1 is 1.12 bits per heavy atom. The van der Waals surface area contributed by atoms with Crippen molar-refractivity contribution in [2.75, 3.05) is 12.8 Å². The average Bonchev–Trinajstić information content (AvgIpc) is 2.30. The number of hydrogen-bond donors (Lipinski definition) is 1. The minimum Gasteiger partial charge on any atom is -0.497 e. The predicted octanol–water partition coefficient (Wildman–Crippen LogP) is 4.02. The van der Waals surface area contributed by atoms with Crippen LogP contribution in [0.15, 0.2) is 42.5 Å². The first kappa shape index (κ1) is 13.7. The number of methoxy groups -OCH3 is 1. The first-order valence-electron chi connectivity index (χ1n) is 4.90. The molecule has 0 fully saturated rings. The Morgan fingerprint density at radius 2 is 1.88 bits per heavy atom. The van der Waals surface area contributed by atoms with Gasteiger partial charge in [-0.2, -0.15) is 0 Å². The molecular formula is C13H13Cl2NO. The van der Waals surface area contributed by atoms with Crippen LogP contribution in [0.25, 0.3) is 11.1 Å². The first-order valence-corrected chi connectivity index (χ1v) is 5.28. The fraction of sp³-hybridized carbons (Fsp3) is 0.0769. The third kappa shape index (κ3) is 3.05. The molecule has 0 spiro atoms. The van der Waals surface area contributed by atoms with E-state index in [2.05, 4.69) is 0 Å². The molecule has 4 heteroatoms. The van der Waals surface area contributed by atoms with Gasteiger partial charge in [0.1, 0.15) is 5.75 Å². The number of nitrogen functional groups attached to an aromatic ring is 1. The summed E-state index contributed by atoms with van der Waals surface area (Å²) in [4.78, 5) is 0. The average molecular weight is 270 g/mol. The fourth-order valence-electron chi connectivity index (χ4n) is 1.56. The second-order valence-electron chi connectivity index (χ2n) is 3.47. The lowest BCUT2D eigenvalue weighted by molar-refractivity contribution is 0.415. The van der Waals surface area contributed by atoms with Crippen molar-refractivity contribution in [2.45, 2.75) is 0 Å². The van der Waals surface area contributed by atoms with Crippen LogP contribution in [-0.2, 0) is 0 Å². The summed E-state index contributed by atoms with van der Waals surface area (Å²) in [6.45, 7) is 0. The molecule has 0 radical (unpaired) electrons. The summed E-state index contributed by atoms with van der Waals surface area (Å²) in [5.41, 5.74) is 8.38. The summed E-state index contributed by atoms with van der Waals surface area (Å²) in [5, 5.41) is 0.686. The fourth-order valence-corrected chi connectivity index (χ4v) is 1.79. The third-order valence-electron chi connectivity index (χ3n) is 2.37. The van der Waals surface area contributed by atoms with E-state index >= 15 is 0 Å². The van der Waals surface area contributed by atoms with Gasteiger partial charge in [0.2, 0.25) is 0 Å². The van der Waals surface area contributed by atoms with E-state index < -0.39 is 0 Å². The van der Waals surface area contributed by atoms with Crippen LogP contribution in [0.4, 0.5) is 5.69 Å². The van der Waals surface area contributed by atoms with Gasteiger partial charge in [0, 0.05) is 16.3 Å². The van der Waals surface area contributed by atoms with Gasteiger partial charge in [-0.3, -0.25) is 0 Å². The molecule has 0 saturated heterocycles. The van der Waals surface area contributed by atoms with Gasteiger partial charge in [0.25, 0.3) is 0 Å². The normalized spacial score (nSPS) is 9.53. The monoisotopic (exact) mass is 269 g/mol. The van der Waals surface area contributed by atoms with Crippen molar-refractivity contribution in [3.63, 3.8) is 0 Å². The molecule has 2 aromatic carbocycles. The number of nitrogens with two attached hydrogens (primary N) is 1. The lowest BCUT2D eigenvalue weighted by Crippen LogP contribution is -1.87. The molecule has 0 bridgehead atoms. The molecule has 2 nitrogen and oxygen atoms in total. The molecule has 0 aliphatic carbocycles. The van der Waals surface area contributed by atoms with E-state index in [1.807, 2.05) is 42.5 Å². The highest BCUT2D eigenvalue weighted by Gasteiger charge is 2.05. The maximum absolute atomic E-state index is 6.14. The van der Waals surface area contributed by atoms with Gasteiger partial charge in [-0.25, -0.2) is 0 Å². The summed E-state index contributed by atoms with van der Waals surface area (Å²) in [6.07, 6.45) is 0. The van der Waals surface area contributed by atoms with E-state index in [9.17, 15) is 0 Å². The Hall–Kier alpha value is -1.38. The number of benzene rings is 2. The standard InChI is InChI=1S/C13H12ClNO.ClH/c1-16-11-5-6-13(14)12(8-11)9-3-2-4-10(15)7-9;/h2-8H,15H2,1H3;1H. The lowest BCUT2D eigenvalue weighted by atomic mass is 10.0. The predicted molar refractivity (Wildman–Crippen MR) is 75.1 cm³/mol. The van der Waals surface area contributed by atoms with Crippen molar-refractivity contribution >= 4 is 29.7 Å². The van der Waals surface area contributed by atoms with Gasteiger partial charge >= 0.3 is 0 Å². The molecule has 0 heterocycles. The van der Waals surface area contributed by atoms with Crippen LogP contribution < -0.4 is 10.5 Å². The third-order valence-corrected chi connectivity index (χ3v) is 2.70. The molecule has 0 aliphatic rings. The number of rotatable bonds is 2. The van der Waals surface area contributed by atoms with Gasteiger partial charge in [-0.15, -0.1) is 12.4 Å². The van der Waals surface area contributed by atoms with Crippen LogP contribution in [0.1, 0.15) is 0 Å². The van der Waals surface area contributed by atoms with Crippen LogP contribution in [0, 0.1) is 0 Å². The Morgan fingerprint density at radius 3 is 2.53 bits per heavy atom. The molecule has 17 heavy (non-hydrogen) atoms. The van der Waals surface area contributed by atoms with Crippen molar-refractivity contribution in [3.8, 4) is 16.9 Å². The van der Waals surface area contributed by atoms with E-state index in [0.29, 0.717) is 5.02 Å². The van der Waals surface area contributed by atoms with Crippen molar-refractivity contribution in [2.24, 2.45) is 0 Å². The zero-order chi connectivity index (χ0) is 11.5. The summed E-state index contributed by atoms with van der Waals surface area (Å²) >= 11 is 6.14. The van der Waals surface area contributed by atoms with E-state index in [0.717, 1.165) is 22.6 Å². The topological polar surface area (TPSA) is 35.2 Å². The Bertz CT molecular complexity index is 515. The van der Waals surface area contributed by atoms with Gasteiger partial charge in [0.15, 0.2) is 0 Å². The largest absolute Gasteiger partial charge is 0.497 e. The maximum Gasteiger partial charge on any atom is 0.119 e. The van der Waals surface area contributed by atoms with E-state index in [1.165, 1.54) is 0 Å². The van der Waals surface area contributed by atoms with Crippen molar-refractivity contribution in [1.82, 2.24) is 0 Å². The van der Waals surface area contributed by atoms with Gasteiger partial charge in [-0.1, -0.05) is 23.7 Å². The van der Waals surface area contributed by atoms with Gasteiger partial charge in [-0.05, 0) is 35.9 Å². The Balaban J connectivity index is 0.00000144. The maximum atomic E-state index is 6.14. The zero-order valence-electron chi connectivity index (χ0n) is 9.31. The minimum atomic E-state index is 0. The minimum absolute atomic E-state index is 0. The highest BCUT2D eigenvalue weighted by atomic mass is 35.5. The molecule has 0 aliphatic heterocycles. The van der Waals surface area contributed by atoms with Crippen LogP contribution in [0.3, 0.4) is 0 Å². The summed E-state index contributed by atoms with van der Waals surface area (Å²) in [7, 11) is 1.63. The van der Waals surface area contributed by atoms with E-state index in [1.54, 1.807) is 7.11 Å². The van der Waals surface area contributed by atoms with E-state index in [4.69, 9.17) is 22.1 Å². The highest BCUT2D eigenvalue weighted by Crippen LogP contribution is 2.32. The van der Waals surface area contributed by atoms with Gasteiger partial charge in [0.05, 0.1) is 7.11 Å². The SMILES string of the molecule is COc1ccc(Cl)c(-c2cccc(N)c2)c1.Cl. The molecule has 0 amide bonds. The van der Waals surface area contributed by atoms with Crippen LogP contribution in [0.2, 0.25) is 5.02 Å². The molecule has 2 N–H and O–H groups in total. The Kier molecular flexibility index (Phi) is 4.67. The number of halogens is 2. The summed E-state index contributed by atoms with van der Waals surface area (Å²) in [5.74, 6) is 0.779. The first-order chi connectivity index (χ1) is 7.70. The quantitative estimate of drug-likeness (QED) is 0.836. The van der Waals surface area contributed by atoms with Gasteiger partial charge < -0.3 is 10.5 Å². The molecule has 0 unspecified atom stereocenters. The number of ether oxygens (including phenoxy) is 1. The van der Waals surface area contributed by atoms with Crippen LogP contribution in [-0.4, -0.2) is 7.11 Å². The smallest absolute Gasteiger partial charge is 0.119 e. The second kappa shape index (κ2) is 5.80. The molecule has 2 aromatic rings.